The van der Waals surface area contributed by atoms with Crippen LogP contribution in [0.3, 0.4) is 0 Å². The van der Waals surface area contributed by atoms with Crippen LogP contribution in [0.1, 0.15) is 22.5 Å². The minimum Gasteiger partial charge on any atom is -0.460 e. The molecule has 0 radical (unpaired) electrons. The Morgan fingerprint density at radius 2 is 1.70 bits per heavy atom. The summed E-state index contributed by atoms with van der Waals surface area (Å²) in [4.78, 5) is 0. The van der Waals surface area contributed by atoms with E-state index in [4.69, 9.17) is 16.0 Å². The van der Waals surface area contributed by atoms with Crippen molar-refractivity contribution in [2.75, 3.05) is 0 Å². The van der Waals surface area contributed by atoms with Gasteiger partial charge in [0.1, 0.15) is 11.5 Å². The number of rotatable bonds is 5. The Hall–Kier alpha value is -2.03. The van der Waals surface area contributed by atoms with Crippen LogP contribution in [0.25, 0.3) is 11.3 Å². The van der Waals surface area contributed by atoms with Gasteiger partial charge in [0, 0.05) is 17.1 Å². The topological polar surface area (TPSA) is 25.2 Å². The van der Waals surface area contributed by atoms with Crippen molar-refractivity contribution in [2.24, 2.45) is 0 Å². The summed E-state index contributed by atoms with van der Waals surface area (Å²) in [5.74, 6) is 1.78. The predicted molar refractivity (Wildman–Crippen MR) is 95.6 cm³/mol. The third kappa shape index (κ3) is 3.84. The highest BCUT2D eigenvalue weighted by atomic mass is 35.5. The third-order valence-electron chi connectivity index (χ3n) is 3.94. The van der Waals surface area contributed by atoms with Crippen molar-refractivity contribution in [1.82, 2.24) is 5.32 Å². The molecule has 0 unspecified atom stereocenters. The van der Waals surface area contributed by atoms with E-state index in [0.29, 0.717) is 6.54 Å². The van der Waals surface area contributed by atoms with E-state index in [2.05, 4.69) is 36.5 Å². The van der Waals surface area contributed by atoms with Gasteiger partial charge >= 0.3 is 0 Å². The standard InChI is InChI=1S/C20H20ClNO/c1-14-6-8-16(9-7-14)12-22-13-17-10-11-20(23-17)18-4-3-5-19(21)15(18)2/h3-11,22H,12-13H2,1-2H3. The number of furan rings is 1. The molecule has 0 amide bonds. The fourth-order valence-corrected chi connectivity index (χ4v) is 2.70. The van der Waals surface area contributed by atoms with Gasteiger partial charge in [-0.1, -0.05) is 53.6 Å². The molecule has 2 nitrogen and oxygen atoms in total. The van der Waals surface area contributed by atoms with E-state index >= 15 is 0 Å². The number of hydrogen-bond acceptors (Lipinski definition) is 2. The van der Waals surface area contributed by atoms with E-state index in [-0.39, 0.29) is 0 Å². The first-order valence-electron chi connectivity index (χ1n) is 7.74. The van der Waals surface area contributed by atoms with Gasteiger partial charge in [0.25, 0.3) is 0 Å². The van der Waals surface area contributed by atoms with Crippen molar-refractivity contribution in [2.45, 2.75) is 26.9 Å². The van der Waals surface area contributed by atoms with Gasteiger partial charge in [-0.15, -0.1) is 0 Å². The molecule has 0 aliphatic rings. The van der Waals surface area contributed by atoms with Crippen molar-refractivity contribution in [3.8, 4) is 11.3 Å². The second-order valence-corrected chi connectivity index (χ2v) is 6.17. The summed E-state index contributed by atoms with van der Waals surface area (Å²) in [7, 11) is 0. The molecule has 2 aromatic carbocycles. The molecule has 1 aromatic heterocycles. The second kappa shape index (κ2) is 7.03. The van der Waals surface area contributed by atoms with Crippen molar-refractivity contribution >= 4 is 11.6 Å². The molecule has 1 N–H and O–H groups in total. The van der Waals surface area contributed by atoms with Crippen LogP contribution in [0.4, 0.5) is 0 Å². The Bertz CT molecular complexity index is 790. The molecule has 0 saturated carbocycles. The third-order valence-corrected chi connectivity index (χ3v) is 4.35. The minimum absolute atomic E-state index is 0.702. The molecule has 3 heteroatoms. The quantitative estimate of drug-likeness (QED) is 0.669. The minimum atomic E-state index is 0.702. The zero-order chi connectivity index (χ0) is 16.2. The van der Waals surface area contributed by atoms with Crippen LogP contribution in [0, 0.1) is 13.8 Å². The van der Waals surface area contributed by atoms with Gasteiger partial charge in [0.15, 0.2) is 0 Å². The van der Waals surface area contributed by atoms with Crippen LogP contribution in [0.5, 0.6) is 0 Å². The van der Waals surface area contributed by atoms with Crippen molar-refractivity contribution in [3.05, 3.63) is 82.1 Å². The monoisotopic (exact) mass is 325 g/mol. The van der Waals surface area contributed by atoms with E-state index in [1.165, 1.54) is 11.1 Å². The van der Waals surface area contributed by atoms with Crippen LogP contribution >= 0.6 is 11.6 Å². The van der Waals surface area contributed by atoms with Crippen LogP contribution in [0.15, 0.2) is 59.0 Å². The molecule has 0 spiro atoms. The maximum atomic E-state index is 6.18. The Kier molecular flexibility index (Phi) is 4.85. The summed E-state index contributed by atoms with van der Waals surface area (Å²) in [6.07, 6.45) is 0. The molecule has 0 atom stereocenters. The smallest absolute Gasteiger partial charge is 0.134 e. The van der Waals surface area contributed by atoms with Gasteiger partial charge in [-0.3, -0.25) is 0 Å². The molecular weight excluding hydrogens is 306 g/mol. The summed E-state index contributed by atoms with van der Waals surface area (Å²) in [5, 5.41) is 4.17. The molecule has 23 heavy (non-hydrogen) atoms. The van der Waals surface area contributed by atoms with Crippen molar-refractivity contribution < 1.29 is 4.42 Å². The predicted octanol–water partition coefficient (Wildman–Crippen LogP) is 5.51. The summed E-state index contributed by atoms with van der Waals surface area (Å²) >= 11 is 6.18. The highest BCUT2D eigenvalue weighted by molar-refractivity contribution is 6.31. The Balaban J connectivity index is 1.63. The van der Waals surface area contributed by atoms with Crippen molar-refractivity contribution in [1.29, 1.82) is 0 Å². The zero-order valence-corrected chi connectivity index (χ0v) is 14.2. The number of hydrogen-bond donors (Lipinski definition) is 1. The van der Waals surface area contributed by atoms with Gasteiger partial charge in [0.2, 0.25) is 0 Å². The van der Waals surface area contributed by atoms with Gasteiger partial charge < -0.3 is 9.73 Å². The van der Waals surface area contributed by atoms with Crippen molar-refractivity contribution in [3.63, 3.8) is 0 Å². The van der Waals surface area contributed by atoms with Crippen LogP contribution in [0.2, 0.25) is 5.02 Å². The summed E-state index contributed by atoms with van der Waals surface area (Å²) in [6, 6.07) is 18.4. The number of nitrogens with one attached hydrogen (secondary N) is 1. The lowest BCUT2D eigenvalue weighted by atomic mass is 10.1. The maximum absolute atomic E-state index is 6.18. The summed E-state index contributed by atoms with van der Waals surface area (Å²) < 4.78 is 5.94. The Labute approximate surface area is 142 Å². The molecule has 0 aliphatic heterocycles. The van der Waals surface area contributed by atoms with E-state index in [1.807, 2.05) is 37.3 Å². The molecule has 0 saturated heterocycles. The molecule has 0 aliphatic carbocycles. The fourth-order valence-electron chi connectivity index (χ4n) is 2.53. The second-order valence-electron chi connectivity index (χ2n) is 5.77. The van der Waals surface area contributed by atoms with Gasteiger partial charge in [-0.25, -0.2) is 0 Å². The first-order chi connectivity index (χ1) is 11.1. The molecular formula is C20H20ClNO. The fraction of sp³-hybridized carbons (Fsp3) is 0.200. The first-order valence-corrected chi connectivity index (χ1v) is 8.12. The summed E-state index contributed by atoms with van der Waals surface area (Å²) in [6.45, 7) is 5.63. The lowest BCUT2D eigenvalue weighted by molar-refractivity contribution is 0.493. The number of aryl methyl sites for hydroxylation is 1. The number of benzene rings is 2. The number of halogens is 1. The van der Waals surface area contributed by atoms with Gasteiger partial charge in [-0.2, -0.15) is 0 Å². The Morgan fingerprint density at radius 3 is 2.48 bits per heavy atom. The molecule has 118 valence electrons. The highest BCUT2D eigenvalue weighted by Gasteiger charge is 2.09. The lowest BCUT2D eigenvalue weighted by Crippen LogP contribution is -2.11. The highest BCUT2D eigenvalue weighted by Crippen LogP contribution is 2.29. The van der Waals surface area contributed by atoms with E-state index < -0.39 is 0 Å². The van der Waals surface area contributed by atoms with Crippen LogP contribution in [-0.2, 0) is 13.1 Å². The SMILES string of the molecule is Cc1ccc(CNCc2ccc(-c3cccc(Cl)c3C)o2)cc1. The molecule has 3 rings (SSSR count). The normalized spacial score (nSPS) is 10.9. The lowest BCUT2D eigenvalue weighted by Gasteiger charge is -2.05. The summed E-state index contributed by atoms with van der Waals surface area (Å²) in [5.41, 5.74) is 4.64. The average molecular weight is 326 g/mol. The van der Waals surface area contributed by atoms with E-state index in [1.54, 1.807) is 0 Å². The molecule has 0 fully saturated rings. The van der Waals surface area contributed by atoms with E-state index in [9.17, 15) is 0 Å². The molecule has 3 aromatic rings. The van der Waals surface area contributed by atoms with Gasteiger partial charge in [-0.05, 0) is 43.2 Å². The maximum Gasteiger partial charge on any atom is 0.134 e. The largest absolute Gasteiger partial charge is 0.460 e. The molecule has 0 bridgehead atoms. The first kappa shape index (κ1) is 15.9. The zero-order valence-electron chi connectivity index (χ0n) is 13.4. The Morgan fingerprint density at radius 1 is 0.913 bits per heavy atom. The molecule has 1 heterocycles. The van der Waals surface area contributed by atoms with Crippen LogP contribution < -0.4 is 5.32 Å². The van der Waals surface area contributed by atoms with Gasteiger partial charge in [0.05, 0.1) is 6.54 Å². The van der Waals surface area contributed by atoms with Crippen LogP contribution in [-0.4, -0.2) is 0 Å². The average Bonchev–Trinajstić information content (AvgIpc) is 3.01. The van der Waals surface area contributed by atoms with E-state index in [0.717, 1.165) is 34.2 Å².